The van der Waals surface area contributed by atoms with Crippen LogP contribution in [0, 0.1) is 6.92 Å². The van der Waals surface area contributed by atoms with Gasteiger partial charge in [0.05, 0.1) is 25.9 Å². The first kappa shape index (κ1) is 16.4. The Morgan fingerprint density at radius 1 is 1.21 bits per heavy atom. The molecule has 7 nitrogen and oxygen atoms in total. The van der Waals surface area contributed by atoms with E-state index >= 15 is 0 Å². The van der Waals surface area contributed by atoms with Crippen LogP contribution in [0.4, 0.5) is 11.4 Å². The lowest BCUT2D eigenvalue weighted by atomic mass is 10.1. The highest BCUT2D eigenvalue weighted by Gasteiger charge is 2.18. The van der Waals surface area contributed by atoms with Crippen LogP contribution >= 0.6 is 0 Å². The normalized spacial score (nSPS) is 15.9. The standard InChI is InChI=1S/C17H23N5O2/c1-13-16(19-18-14-8-4-5-9-15(14)24-2)17(23)22(20-13)12-21-10-6-3-7-11-21/h4-5,8-9,20H,3,6-7,10-12H2,1-2H3/p+1. The molecular weight excluding hydrogens is 306 g/mol. The zero-order valence-electron chi connectivity index (χ0n) is 14.2. The molecule has 1 aromatic heterocycles. The van der Waals surface area contributed by atoms with Gasteiger partial charge in [-0.1, -0.05) is 12.1 Å². The number of piperidine rings is 1. The Morgan fingerprint density at radius 3 is 2.71 bits per heavy atom. The van der Waals surface area contributed by atoms with Gasteiger partial charge in [0.1, 0.15) is 11.4 Å². The third-order valence-electron chi connectivity index (χ3n) is 4.39. The Bertz CT molecular complexity index is 772. The molecule has 2 aromatic rings. The van der Waals surface area contributed by atoms with Gasteiger partial charge in [-0.3, -0.25) is 9.89 Å². The summed E-state index contributed by atoms with van der Waals surface area (Å²) in [6.45, 7) is 4.73. The van der Waals surface area contributed by atoms with Crippen LogP contribution in [-0.4, -0.2) is 30.0 Å². The van der Waals surface area contributed by atoms with E-state index in [1.54, 1.807) is 17.9 Å². The monoisotopic (exact) mass is 330 g/mol. The minimum Gasteiger partial charge on any atom is -0.494 e. The summed E-state index contributed by atoms with van der Waals surface area (Å²) in [5, 5.41) is 11.5. The van der Waals surface area contributed by atoms with E-state index in [0.29, 0.717) is 23.8 Å². The highest BCUT2D eigenvalue weighted by Crippen LogP contribution is 2.28. The number of para-hydroxylation sites is 1. The molecule has 1 aromatic carbocycles. The number of aromatic nitrogens is 2. The fourth-order valence-electron chi connectivity index (χ4n) is 3.07. The van der Waals surface area contributed by atoms with Crippen LogP contribution in [0.15, 0.2) is 39.3 Å². The number of likely N-dealkylation sites (tertiary alicyclic amines) is 1. The number of quaternary nitrogens is 1. The molecule has 0 atom stereocenters. The van der Waals surface area contributed by atoms with Gasteiger partial charge in [-0.2, -0.15) is 4.68 Å². The first-order chi connectivity index (χ1) is 11.7. The molecule has 0 amide bonds. The third-order valence-corrected chi connectivity index (χ3v) is 4.39. The van der Waals surface area contributed by atoms with Crippen LogP contribution < -0.4 is 15.2 Å². The van der Waals surface area contributed by atoms with Gasteiger partial charge < -0.3 is 9.64 Å². The fourth-order valence-corrected chi connectivity index (χ4v) is 3.07. The minimum absolute atomic E-state index is 0.121. The Kier molecular flexibility index (Phi) is 5.10. The van der Waals surface area contributed by atoms with Crippen molar-refractivity contribution in [3.63, 3.8) is 0 Å². The molecule has 2 N–H and O–H groups in total. The average Bonchev–Trinajstić information content (AvgIpc) is 2.87. The molecule has 1 saturated heterocycles. The summed E-state index contributed by atoms with van der Waals surface area (Å²) in [5.41, 5.74) is 1.57. The Morgan fingerprint density at radius 2 is 1.96 bits per heavy atom. The smallest absolute Gasteiger partial charge is 0.299 e. The van der Waals surface area contributed by atoms with Crippen molar-refractivity contribution in [2.75, 3.05) is 20.2 Å². The maximum absolute atomic E-state index is 12.6. The molecule has 0 aliphatic carbocycles. The SMILES string of the molecule is COc1ccccc1N=Nc1c(C)[nH]n(C[NH+]2CCCCC2)c1=O. The van der Waals surface area contributed by atoms with Gasteiger partial charge in [0.2, 0.25) is 0 Å². The van der Waals surface area contributed by atoms with Gasteiger partial charge in [-0.05, 0) is 38.3 Å². The van der Waals surface area contributed by atoms with E-state index in [9.17, 15) is 4.79 Å². The number of ether oxygens (including phenoxy) is 1. The van der Waals surface area contributed by atoms with E-state index < -0.39 is 0 Å². The predicted octanol–water partition coefficient (Wildman–Crippen LogP) is 1.94. The molecule has 3 rings (SSSR count). The van der Waals surface area contributed by atoms with Crippen molar-refractivity contribution in [3.05, 3.63) is 40.3 Å². The molecule has 24 heavy (non-hydrogen) atoms. The zero-order chi connectivity index (χ0) is 16.9. The lowest BCUT2D eigenvalue weighted by molar-refractivity contribution is -0.928. The molecule has 0 saturated carbocycles. The highest BCUT2D eigenvalue weighted by molar-refractivity contribution is 5.51. The second kappa shape index (κ2) is 7.44. The molecular formula is C17H24N5O2+. The number of H-pyrrole nitrogens is 1. The topological polar surface area (TPSA) is 76.2 Å². The first-order valence-corrected chi connectivity index (χ1v) is 8.37. The summed E-state index contributed by atoms with van der Waals surface area (Å²) < 4.78 is 6.90. The number of aryl methyl sites for hydroxylation is 1. The maximum atomic E-state index is 12.6. The van der Waals surface area contributed by atoms with Crippen LogP contribution in [0.1, 0.15) is 25.0 Å². The molecule has 128 valence electrons. The molecule has 7 heteroatoms. The van der Waals surface area contributed by atoms with Crippen molar-refractivity contribution >= 4 is 11.4 Å². The lowest BCUT2D eigenvalue weighted by Crippen LogP contribution is -3.12. The van der Waals surface area contributed by atoms with E-state index in [1.165, 1.54) is 24.2 Å². The fraction of sp³-hybridized carbons (Fsp3) is 0.471. The Balaban J connectivity index is 1.81. The van der Waals surface area contributed by atoms with Crippen molar-refractivity contribution in [2.45, 2.75) is 32.9 Å². The molecule has 0 unspecified atom stereocenters. The van der Waals surface area contributed by atoms with Gasteiger partial charge in [-0.15, -0.1) is 10.2 Å². The number of hydrogen-bond acceptors (Lipinski definition) is 4. The van der Waals surface area contributed by atoms with E-state index in [4.69, 9.17) is 4.74 Å². The van der Waals surface area contributed by atoms with E-state index in [2.05, 4.69) is 15.3 Å². The van der Waals surface area contributed by atoms with Crippen molar-refractivity contribution in [3.8, 4) is 5.75 Å². The summed E-state index contributed by atoms with van der Waals surface area (Å²) in [6, 6.07) is 7.35. The van der Waals surface area contributed by atoms with Crippen molar-refractivity contribution in [1.82, 2.24) is 9.78 Å². The molecule has 0 bridgehead atoms. The second-order valence-corrected chi connectivity index (χ2v) is 6.16. The summed E-state index contributed by atoms with van der Waals surface area (Å²) >= 11 is 0. The van der Waals surface area contributed by atoms with Gasteiger partial charge >= 0.3 is 0 Å². The van der Waals surface area contributed by atoms with Crippen molar-refractivity contribution in [2.24, 2.45) is 10.2 Å². The summed E-state index contributed by atoms with van der Waals surface area (Å²) in [7, 11) is 1.59. The summed E-state index contributed by atoms with van der Waals surface area (Å²) in [5.74, 6) is 0.632. The molecule has 2 heterocycles. The average molecular weight is 330 g/mol. The molecule has 1 aliphatic rings. The van der Waals surface area contributed by atoms with Gasteiger partial charge in [-0.25, -0.2) is 0 Å². The summed E-state index contributed by atoms with van der Waals surface area (Å²) in [6.07, 6.45) is 3.74. The number of azo groups is 1. The van der Waals surface area contributed by atoms with Gasteiger partial charge in [0.25, 0.3) is 5.56 Å². The van der Waals surface area contributed by atoms with Crippen LogP contribution in [0.2, 0.25) is 0 Å². The van der Waals surface area contributed by atoms with E-state index in [0.717, 1.165) is 18.8 Å². The van der Waals surface area contributed by atoms with Crippen LogP contribution in [0.25, 0.3) is 0 Å². The quantitative estimate of drug-likeness (QED) is 0.822. The second-order valence-electron chi connectivity index (χ2n) is 6.16. The predicted molar refractivity (Wildman–Crippen MR) is 91.5 cm³/mol. The van der Waals surface area contributed by atoms with Crippen LogP contribution in [0.5, 0.6) is 5.75 Å². The van der Waals surface area contributed by atoms with Gasteiger partial charge in [0, 0.05) is 0 Å². The molecule has 0 spiro atoms. The van der Waals surface area contributed by atoms with Crippen molar-refractivity contribution in [1.29, 1.82) is 0 Å². The number of hydrogen-bond donors (Lipinski definition) is 2. The number of nitrogens with zero attached hydrogens (tertiary/aromatic N) is 3. The maximum Gasteiger partial charge on any atom is 0.299 e. The van der Waals surface area contributed by atoms with Crippen LogP contribution in [-0.2, 0) is 6.67 Å². The zero-order valence-corrected chi connectivity index (χ0v) is 14.2. The van der Waals surface area contributed by atoms with E-state index in [1.807, 2.05) is 25.1 Å². The Hall–Kier alpha value is -2.41. The molecule has 0 radical (unpaired) electrons. The van der Waals surface area contributed by atoms with Gasteiger partial charge in [0.15, 0.2) is 12.4 Å². The lowest BCUT2D eigenvalue weighted by Gasteiger charge is -2.23. The van der Waals surface area contributed by atoms with Crippen LogP contribution in [0.3, 0.4) is 0 Å². The first-order valence-electron chi connectivity index (χ1n) is 8.37. The largest absolute Gasteiger partial charge is 0.494 e. The highest BCUT2D eigenvalue weighted by atomic mass is 16.5. The minimum atomic E-state index is -0.121. The molecule has 1 fully saturated rings. The third kappa shape index (κ3) is 3.56. The number of methoxy groups -OCH3 is 1. The number of nitrogens with one attached hydrogen (secondary N) is 2. The summed E-state index contributed by atoms with van der Waals surface area (Å²) in [4.78, 5) is 14.0. The molecule has 1 aliphatic heterocycles. The Labute approximate surface area is 140 Å². The van der Waals surface area contributed by atoms with E-state index in [-0.39, 0.29) is 5.56 Å². The number of benzene rings is 1. The van der Waals surface area contributed by atoms with Crippen molar-refractivity contribution < 1.29 is 9.64 Å². The number of aromatic amines is 1. The number of rotatable bonds is 5.